The fourth-order valence-corrected chi connectivity index (χ4v) is 2.65. The van der Waals surface area contributed by atoms with E-state index in [2.05, 4.69) is 10.3 Å². The van der Waals surface area contributed by atoms with Crippen LogP contribution in [0.2, 0.25) is 0 Å². The van der Waals surface area contributed by atoms with E-state index in [0.717, 1.165) is 23.2 Å². The SMILES string of the molecule is Cc1cccnc1CC(C)NC(=O)c1ccc(CCC(C)(C)O)cc1. The molecule has 0 aliphatic heterocycles. The Morgan fingerprint density at radius 3 is 2.52 bits per heavy atom. The van der Waals surface area contributed by atoms with Crippen LogP contribution in [0.3, 0.4) is 0 Å². The number of hydrogen-bond acceptors (Lipinski definition) is 3. The lowest BCUT2D eigenvalue weighted by molar-refractivity contribution is 0.0713. The van der Waals surface area contributed by atoms with E-state index in [1.165, 1.54) is 0 Å². The minimum Gasteiger partial charge on any atom is -0.390 e. The number of benzene rings is 1. The minimum atomic E-state index is -0.672. The van der Waals surface area contributed by atoms with Crippen molar-refractivity contribution in [2.24, 2.45) is 0 Å². The first-order valence-electron chi connectivity index (χ1n) is 8.77. The third kappa shape index (κ3) is 6.31. The maximum atomic E-state index is 12.4. The zero-order valence-electron chi connectivity index (χ0n) is 15.5. The molecule has 25 heavy (non-hydrogen) atoms. The van der Waals surface area contributed by atoms with Crippen LogP contribution in [0.1, 0.15) is 54.4 Å². The van der Waals surface area contributed by atoms with Crippen LogP contribution in [-0.4, -0.2) is 27.6 Å². The summed E-state index contributed by atoms with van der Waals surface area (Å²) in [5.74, 6) is -0.0740. The molecule has 2 rings (SSSR count). The third-order valence-electron chi connectivity index (χ3n) is 4.24. The lowest BCUT2D eigenvalue weighted by Gasteiger charge is -2.17. The highest BCUT2D eigenvalue weighted by Gasteiger charge is 2.14. The van der Waals surface area contributed by atoms with Crippen molar-refractivity contribution in [3.05, 3.63) is 65.0 Å². The molecule has 2 aromatic rings. The number of carbonyl (C=O) groups excluding carboxylic acids is 1. The molecule has 1 amide bonds. The molecule has 1 atom stereocenters. The van der Waals surface area contributed by atoms with E-state index in [1.807, 2.05) is 50.2 Å². The molecule has 4 heteroatoms. The summed E-state index contributed by atoms with van der Waals surface area (Å²) < 4.78 is 0. The average Bonchev–Trinajstić information content (AvgIpc) is 2.55. The predicted molar refractivity (Wildman–Crippen MR) is 101 cm³/mol. The predicted octanol–water partition coefficient (Wildman–Crippen LogP) is 3.45. The number of pyridine rings is 1. The Bertz CT molecular complexity index is 703. The average molecular weight is 340 g/mol. The number of hydrogen-bond donors (Lipinski definition) is 2. The first kappa shape index (κ1) is 19.1. The number of amides is 1. The molecule has 2 N–H and O–H groups in total. The van der Waals surface area contributed by atoms with Crippen LogP contribution < -0.4 is 5.32 Å². The Hall–Kier alpha value is -2.20. The van der Waals surface area contributed by atoms with E-state index in [1.54, 1.807) is 20.0 Å². The lowest BCUT2D eigenvalue weighted by Crippen LogP contribution is -2.34. The maximum Gasteiger partial charge on any atom is 0.251 e. The van der Waals surface area contributed by atoms with Gasteiger partial charge < -0.3 is 10.4 Å². The smallest absolute Gasteiger partial charge is 0.251 e. The van der Waals surface area contributed by atoms with Gasteiger partial charge in [-0.1, -0.05) is 18.2 Å². The van der Waals surface area contributed by atoms with Gasteiger partial charge in [0.25, 0.3) is 5.91 Å². The van der Waals surface area contributed by atoms with Crippen molar-refractivity contribution in [3.63, 3.8) is 0 Å². The Morgan fingerprint density at radius 2 is 1.92 bits per heavy atom. The van der Waals surface area contributed by atoms with E-state index >= 15 is 0 Å². The molecule has 134 valence electrons. The van der Waals surface area contributed by atoms with E-state index in [0.29, 0.717) is 18.4 Å². The van der Waals surface area contributed by atoms with Gasteiger partial charge in [0.1, 0.15) is 0 Å². The fraction of sp³-hybridized carbons (Fsp3) is 0.429. The number of aromatic nitrogens is 1. The van der Waals surface area contributed by atoms with Gasteiger partial charge in [0.15, 0.2) is 0 Å². The second-order valence-corrected chi connectivity index (χ2v) is 7.35. The second-order valence-electron chi connectivity index (χ2n) is 7.35. The van der Waals surface area contributed by atoms with Crippen LogP contribution in [0, 0.1) is 6.92 Å². The number of aliphatic hydroxyl groups is 1. The van der Waals surface area contributed by atoms with Crippen molar-refractivity contribution in [2.45, 2.75) is 58.6 Å². The quantitative estimate of drug-likeness (QED) is 0.811. The second kappa shape index (κ2) is 8.26. The first-order chi connectivity index (χ1) is 11.7. The summed E-state index contributed by atoms with van der Waals surface area (Å²) >= 11 is 0. The summed E-state index contributed by atoms with van der Waals surface area (Å²) in [7, 11) is 0. The summed E-state index contributed by atoms with van der Waals surface area (Å²) in [6.07, 6.45) is 3.98. The number of aryl methyl sites for hydroxylation is 2. The Kier molecular flexibility index (Phi) is 6.32. The van der Waals surface area contributed by atoms with Crippen LogP contribution >= 0.6 is 0 Å². The Labute approximate surface area is 150 Å². The largest absolute Gasteiger partial charge is 0.390 e. The van der Waals surface area contributed by atoms with Crippen LogP contribution in [0.4, 0.5) is 0 Å². The van der Waals surface area contributed by atoms with Gasteiger partial charge in [0.2, 0.25) is 0 Å². The molecule has 0 saturated carbocycles. The van der Waals surface area contributed by atoms with E-state index in [9.17, 15) is 9.90 Å². The summed E-state index contributed by atoms with van der Waals surface area (Å²) in [5.41, 5.74) is 3.25. The van der Waals surface area contributed by atoms with Gasteiger partial charge >= 0.3 is 0 Å². The highest BCUT2D eigenvalue weighted by molar-refractivity contribution is 5.94. The molecule has 0 fully saturated rings. The number of nitrogens with zero attached hydrogens (tertiary/aromatic N) is 1. The number of carbonyl (C=O) groups is 1. The summed E-state index contributed by atoms with van der Waals surface area (Å²) in [5, 5.41) is 12.8. The third-order valence-corrected chi connectivity index (χ3v) is 4.24. The highest BCUT2D eigenvalue weighted by atomic mass is 16.3. The molecule has 1 heterocycles. The lowest BCUT2D eigenvalue weighted by atomic mass is 9.98. The molecular formula is C21H28N2O2. The molecule has 1 aromatic carbocycles. The molecule has 0 radical (unpaired) electrons. The standard InChI is InChI=1S/C21H28N2O2/c1-15-6-5-13-22-19(15)14-16(2)23-20(24)18-9-7-17(8-10-18)11-12-21(3,4)25/h5-10,13,16,25H,11-12,14H2,1-4H3,(H,23,24). The molecule has 0 saturated heterocycles. The summed E-state index contributed by atoms with van der Waals surface area (Å²) in [6.45, 7) is 7.63. The van der Waals surface area contributed by atoms with Gasteiger partial charge in [-0.3, -0.25) is 9.78 Å². The summed E-state index contributed by atoms with van der Waals surface area (Å²) in [6, 6.07) is 11.5. The molecule has 0 aliphatic rings. The van der Waals surface area contributed by atoms with E-state index in [4.69, 9.17) is 0 Å². The van der Waals surface area contributed by atoms with Crippen molar-refractivity contribution in [1.82, 2.24) is 10.3 Å². The zero-order valence-corrected chi connectivity index (χ0v) is 15.5. The topological polar surface area (TPSA) is 62.2 Å². The summed E-state index contributed by atoms with van der Waals surface area (Å²) in [4.78, 5) is 16.8. The minimum absolute atomic E-state index is 0.0102. The van der Waals surface area contributed by atoms with Crippen molar-refractivity contribution in [3.8, 4) is 0 Å². The van der Waals surface area contributed by atoms with Gasteiger partial charge in [0.05, 0.1) is 5.60 Å². The zero-order chi connectivity index (χ0) is 18.4. The van der Waals surface area contributed by atoms with E-state index in [-0.39, 0.29) is 11.9 Å². The molecule has 1 unspecified atom stereocenters. The van der Waals surface area contributed by atoms with Crippen LogP contribution in [-0.2, 0) is 12.8 Å². The van der Waals surface area contributed by atoms with Crippen molar-refractivity contribution >= 4 is 5.91 Å². The highest BCUT2D eigenvalue weighted by Crippen LogP contribution is 2.14. The number of rotatable bonds is 7. The van der Waals surface area contributed by atoms with Gasteiger partial charge in [-0.2, -0.15) is 0 Å². The van der Waals surface area contributed by atoms with Gasteiger partial charge in [-0.05, 0) is 69.9 Å². The van der Waals surface area contributed by atoms with Crippen LogP contribution in [0.15, 0.2) is 42.6 Å². The normalized spacial score (nSPS) is 12.7. The maximum absolute atomic E-state index is 12.4. The fourth-order valence-electron chi connectivity index (χ4n) is 2.65. The van der Waals surface area contributed by atoms with Crippen LogP contribution in [0.25, 0.3) is 0 Å². The molecular weight excluding hydrogens is 312 g/mol. The monoisotopic (exact) mass is 340 g/mol. The Morgan fingerprint density at radius 1 is 1.24 bits per heavy atom. The molecule has 0 spiro atoms. The van der Waals surface area contributed by atoms with Crippen molar-refractivity contribution in [2.75, 3.05) is 0 Å². The van der Waals surface area contributed by atoms with E-state index < -0.39 is 5.60 Å². The van der Waals surface area contributed by atoms with Gasteiger partial charge in [-0.25, -0.2) is 0 Å². The molecule has 0 aliphatic carbocycles. The molecule has 1 aromatic heterocycles. The van der Waals surface area contributed by atoms with Gasteiger partial charge in [-0.15, -0.1) is 0 Å². The number of nitrogens with one attached hydrogen (secondary N) is 1. The van der Waals surface area contributed by atoms with Crippen LogP contribution in [0.5, 0.6) is 0 Å². The van der Waals surface area contributed by atoms with Crippen molar-refractivity contribution in [1.29, 1.82) is 0 Å². The molecule has 4 nitrogen and oxygen atoms in total. The van der Waals surface area contributed by atoms with Gasteiger partial charge in [0, 0.05) is 29.9 Å². The Balaban J connectivity index is 1.91. The van der Waals surface area contributed by atoms with Crippen molar-refractivity contribution < 1.29 is 9.90 Å². The molecule has 0 bridgehead atoms. The first-order valence-corrected chi connectivity index (χ1v) is 8.77.